The minimum absolute atomic E-state index is 0.274. The molecule has 0 saturated heterocycles. The number of hydrazine groups is 1. The van der Waals surface area contributed by atoms with Gasteiger partial charge in [0.15, 0.2) is 16.6 Å². The summed E-state index contributed by atoms with van der Waals surface area (Å²) in [4.78, 5) is 0. The molecule has 7 heteroatoms. The minimum atomic E-state index is 0.274. The molecule has 120 valence electrons. The molecule has 1 aliphatic heterocycles. The van der Waals surface area contributed by atoms with Crippen LogP contribution in [0.4, 0.5) is 5.69 Å². The molecular weight excluding hydrogens is 314 g/mol. The molecule has 0 fully saturated rings. The summed E-state index contributed by atoms with van der Waals surface area (Å²) in [5, 5.41) is 3.61. The van der Waals surface area contributed by atoms with E-state index in [1.165, 1.54) is 0 Å². The van der Waals surface area contributed by atoms with E-state index < -0.39 is 0 Å². The monoisotopic (exact) mass is 331 g/mol. The van der Waals surface area contributed by atoms with Crippen molar-refractivity contribution in [1.29, 1.82) is 0 Å². The lowest BCUT2D eigenvalue weighted by Gasteiger charge is -2.13. The first-order valence-electron chi connectivity index (χ1n) is 7.07. The van der Waals surface area contributed by atoms with Gasteiger partial charge in [0, 0.05) is 12.6 Å². The summed E-state index contributed by atoms with van der Waals surface area (Å²) in [6, 6.07) is 13.4. The molecule has 0 amide bonds. The Hall–Kier alpha value is -2.67. The Kier molecular flexibility index (Phi) is 4.68. The van der Waals surface area contributed by atoms with E-state index in [9.17, 15) is 0 Å². The predicted molar refractivity (Wildman–Crippen MR) is 91.8 cm³/mol. The summed E-state index contributed by atoms with van der Waals surface area (Å²) >= 11 is 5.24. The fraction of sp³-hybridized carbons (Fsp3) is 0.188. The number of benzene rings is 2. The maximum atomic E-state index is 5.35. The SMILES string of the molecule is COc1cccc(NNC(=S)NCc2ccc3c(c2)OCO3)c1. The molecule has 2 aromatic rings. The third-order valence-electron chi connectivity index (χ3n) is 3.28. The van der Waals surface area contributed by atoms with Crippen LogP contribution in [0.2, 0.25) is 0 Å². The van der Waals surface area contributed by atoms with Crippen molar-refractivity contribution in [1.82, 2.24) is 10.7 Å². The van der Waals surface area contributed by atoms with Gasteiger partial charge in [-0.25, -0.2) is 0 Å². The predicted octanol–water partition coefficient (Wildman–Crippen LogP) is 2.42. The average molecular weight is 331 g/mol. The van der Waals surface area contributed by atoms with Crippen LogP contribution in [-0.4, -0.2) is 19.0 Å². The van der Waals surface area contributed by atoms with Crippen LogP contribution >= 0.6 is 12.2 Å². The molecule has 0 unspecified atom stereocenters. The molecule has 0 aliphatic carbocycles. The molecule has 1 heterocycles. The summed E-state index contributed by atoms with van der Waals surface area (Å²) < 4.78 is 15.8. The zero-order chi connectivity index (χ0) is 16.1. The molecule has 23 heavy (non-hydrogen) atoms. The molecule has 6 nitrogen and oxygen atoms in total. The first-order valence-corrected chi connectivity index (χ1v) is 7.48. The van der Waals surface area contributed by atoms with Crippen molar-refractivity contribution in [2.45, 2.75) is 6.54 Å². The minimum Gasteiger partial charge on any atom is -0.497 e. The Labute approximate surface area is 139 Å². The normalized spacial score (nSPS) is 11.7. The van der Waals surface area contributed by atoms with Crippen molar-refractivity contribution in [3.8, 4) is 17.2 Å². The van der Waals surface area contributed by atoms with Gasteiger partial charge in [-0.1, -0.05) is 12.1 Å². The summed E-state index contributed by atoms with van der Waals surface area (Å²) in [6.07, 6.45) is 0. The highest BCUT2D eigenvalue weighted by Gasteiger charge is 2.12. The van der Waals surface area contributed by atoms with Gasteiger partial charge in [0.25, 0.3) is 0 Å². The number of ether oxygens (including phenoxy) is 3. The van der Waals surface area contributed by atoms with Gasteiger partial charge < -0.3 is 19.5 Å². The first kappa shape index (κ1) is 15.2. The topological polar surface area (TPSA) is 63.8 Å². The highest BCUT2D eigenvalue weighted by atomic mass is 32.1. The van der Waals surface area contributed by atoms with Gasteiger partial charge in [-0.15, -0.1) is 0 Å². The largest absolute Gasteiger partial charge is 0.497 e. The first-order chi connectivity index (χ1) is 11.2. The quantitative estimate of drug-likeness (QED) is 0.574. The standard InChI is InChI=1S/C16H17N3O3S/c1-20-13-4-2-3-12(8-13)18-19-16(23)17-9-11-5-6-14-15(7-11)22-10-21-14/h2-8,18H,9-10H2,1H3,(H2,17,19,23). The maximum Gasteiger partial charge on any atom is 0.231 e. The maximum absolute atomic E-state index is 5.35. The van der Waals surface area contributed by atoms with E-state index >= 15 is 0 Å². The number of hydrogen-bond donors (Lipinski definition) is 3. The lowest BCUT2D eigenvalue weighted by Crippen LogP contribution is -2.38. The van der Waals surface area contributed by atoms with Gasteiger partial charge in [-0.2, -0.15) is 0 Å². The molecule has 1 aliphatic rings. The second kappa shape index (κ2) is 7.06. The number of thiocarbonyl (C=S) groups is 1. The Morgan fingerprint density at radius 2 is 2.04 bits per heavy atom. The van der Waals surface area contributed by atoms with Gasteiger partial charge in [0.1, 0.15) is 5.75 Å². The second-order valence-electron chi connectivity index (χ2n) is 4.85. The van der Waals surface area contributed by atoms with Crippen LogP contribution in [0, 0.1) is 0 Å². The number of fused-ring (bicyclic) bond motifs is 1. The fourth-order valence-corrected chi connectivity index (χ4v) is 2.23. The molecule has 0 saturated carbocycles. The van der Waals surface area contributed by atoms with Gasteiger partial charge in [-0.3, -0.25) is 10.9 Å². The number of methoxy groups -OCH3 is 1. The summed E-state index contributed by atoms with van der Waals surface area (Å²) in [5.41, 5.74) is 7.86. The van der Waals surface area contributed by atoms with Crippen molar-refractivity contribution in [3.05, 3.63) is 48.0 Å². The molecule has 0 bridgehead atoms. The fourth-order valence-electron chi connectivity index (χ4n) is 2.11. The third-order valence-corrected chi connectivity index (χ3v) is 3.53. The van der Waals surface area contributed by atoms with Gasteiger partial charge >= 0.3 is 0 Å². The van der Waals surface area contributed by atoms with Crippen molar-refractivity contribution < 1.29 is 14.2 Å². The number of hydrogen-bond acceptors (Lipinski definition) is 5. The molecule has 3 N–H and O–H groups in total. The molecule has 2 aromatic carbocycles. The lowest BCUT2D eigenvalue weighted by molar-refractivity contribution is 0.174. The zero-order valence-corrected chi connectivity index (χ0v) is 13.4. The van der Waals surface area contributed by atoms with E-state index in [4.69, 9.17) is 26.4 Å². The molecule has 0 radical (unpaired) electrons. The number of anilines is 1. The van der Waals surface area contributed by atoms with Crippen molar-refractivity contribution >= 4 is 23.0 Å². The highest BCUT2D eigenvalue weighted by Crippen LogP contribution is 2.32. The molecular formula is C16H17N3O3S. The van der Waals surface area contributed by atoms with Crippen LogP contribution in [0.3, 0.4) is 0 Å². The Bertz CT molecular complexity index is 709. The van der Waals surface area contributed by atoms with Crippen LogP contribution in [0.1, 0.15) is 5.56 Å². The van der Waals surface area contributed by atoms with Gasteiger partial charge in [0.2, 0.25) is 6.79 Å². The smallest absolute Gasteiger partial charge is 0.231 e. The second-order valence-corrected chi connectivity index (χ2v) is 5.26. The lowest BCUT2D eigenvalue weighted by atomic mass is 10.2. The highest BCUT2D eigenvalue weighted by molar-refractivity contribution is 7.80. The Morgan fingerprint density at radius 1 is 1.17 bits per heavy atom. The van der Waals surface area contributed by atoms with Crippen molar-refractivity contribution in [2.75, 3.05) is 19.3 Å². The summed E-state index contributed by atoms with van der Waals surface area (Å²) in [6.45, 7) is 0.860. The van der Waals surface area contributed by atoms with Gasteiger partial charge in [-0.05, 0) is 42.0 Å². The van der Waals surface area contributed by atoms with Gasteiger partial charge in [0.05, 0.1) is 12.8 Å². The zero-order valence-electron chi connectivity index (χ0n) is 12.6. The molecule has 0 spiro atoms. The van der Waals surface area contributed by atoms with Crippen LogP contribution in [0.15, 0.2) is 42.5 Å². The van der Waals surface area contributed by atoms with Crippen LogP contribution in [0.25, 0.3) is 0 Å². The van der Waals surface area contributed by atoms with E-state index in [0.717, 1.165) is 28.5 Å². The van der Waals surface area contributed by atoms with E-state index in [1.807, 2.05) is 42.5 Å². The van der Waals surface area contributed by atoms with Crippen LogP contribution < -0.4 is 30.4 Å². The Balaban J connectivity index is 1.48. The van der Waals surface area contributed by atoms with Crippen LogP contribution in [0.5, 0.6) is 17.2 Å². The third kappa shape index (κ3) is 3.95. The molecule has 3 rings (SSSR count). The van der Waals surface area contributed by atoms with E-state index in [1.54, 1.807) is 7.11 Å². The van der Waals surface area contributed by atoms with E-state index in [0.29, 0.717) is 11.7 Å². The Morgan fingerprint density at radius 3 is 2.91 bits per heavy atom. The van der Waals surface area contributed by atoms with Crippen LogP contribution in [-0.2, 0) is 6.54 Å². The van der Waals surface area contributed by atoms with E-state index in [-0.39, 0.29) is 6.79 Å². The average Bonchev–Trinajstić information content (AvgIpc) is 3.06. The summed E-state index contributed by atoms with van der Waals surface area (Å²) in [7, 11) is 1.63. The van der Waals surface area contributed by atoms with E-state index in [2.05, 4.69) is 16.2 Å². The number of nitrogens with one attached hydrogen (secondary N) is 3. The van der Waals surface area contributed by atoms with Crippen molar-refractivity contribution in [3.63, 3.8) is 0 Å². The molecule has 0 atom stereocenters. The molecule has 0 aromatic heterocycles. The van der Waals surface area contributed by atoms with Crippen molar-refractivity contribution in [2.24, 2.45) is 0 Å². The number of rotatable bonds is 5. The summed E-state index contributed by atoms with van der Waals surface area (Å²) in [5.74, 6) is 2.31.